The first kappa shape index (κ1) is 12.2. The Morgan fingerprint density at radius 3 is 2.67 bits per heavy atom. The number of hydrogen-bond acceptors (Lipinski definition) is 1. The van der Waals surface area contributed by atoms with E-state index in [0.717, 1.165) is 12.8 Å². The molecule has 0 aromatic heterocycles. The van der Waals surface area contributed by atoms with Crippen molar-refractivity contribution in [2.75, 3.05) is 0 Å². The van der Waals surface area contributed by atoms with Gasteiger partial charge < -0.3 is 5.11 Å². The summed E-state index contributed by atoms with van der Waals surface area (Å²) in [7, 11) is 0. The molecule has 0 saturated heterocycles. The summed E-state index contributed by atoms with van der Waals surface area (Å²) in [5.74, 6) is -0.166. The second-order valence-corrected chi connectivity index (χ2v) is 4.35. The van der Waals surface area contributed by atoms with Crippen molar-refractivity contribution in [3.8, 4) is 0 Å². The van der Waals surface area contributed by atoms with Crippen LogP contribution in [0.3, 0.4) is 0 Å². The highest BCUT2D eigenvalue weighted by Gasteiger charge is 2.29. The number of hydrogen-bond donors (Lipinski definition) is 1. The van der Waals surface area contributed by atoms with Crippen molar-refractivity contribution in [3.63, 3.8) is 0 Å². The van der Waals surface area contributed by atoms with E-state index in [1.54, 1.807) is 19.1 Å². The Kier molecular flexibility index (Phi) is 3.86. The highest BCUT2D eigenvalue weighted by molar-refractivity contribution is 5.23. The highest BCUT2D eigenvalue weighted by atomic mass is 19.1. The van der Waals surface area contributed by atoms with Crippen molar-refractivity contribution in [2.24, 2.45) is 5.92 Å². The van der Waals surface area contributed by atoms with Crippen molar-refractivity contribution >= 4 is 0 Å². The van der Waals surface area contributed by atoms with E-state index in [-0.39, 0.29) is 11.7 Å². The molecule has 0 aliphatic heterocycles. The third-order valence-corrected chi connectivity index (χ3v) is 3.09. The van der Waals surface area contributed by atoms with Crippen LogP contribution < -0.4 is 0 Å². The molecule has 1 aromatic carbocycles. The fourth-order valence-corrected chi connectivity index (χ4v) is 1.80. The summed E-state index contributed by atoms with van der Waals surface area (Å²) in [6.45, 7) is 5.83. The summed E-state index contributed by atoms with van der Waals surface area (Å²) in [6.07, 6.45) is 1.95. The molecular formula is C13H19FO. The van der Waals surface area contributed by atoms with Gasteiger partial charge in [-0.3, -0.25) is 0 Å². The Hall–Kier alpha value is -0.890. The molecule has 15 heavy (non-hydrogen) atoms. The Labute approximate surface area is 90.9 Å². The summed E-state index contributed by atoms with van der Waals surface area (Å²) in [6, 6.07) is 6.21. The first-order valence-corrected chi connectivity index (χ1v) is 5.47. The van der Waals surface area contributed by atoms with Crippen LogP contribution >= 0.6 is 0 Å². The van der Waals surface area contributed by atoms with Gasteiger partial charge in [0.15, 0.2) is 0 Å². The molecular weight excluding hydrogens is 191 g/mol. The fourth-order valence-electron chi connectivity index (χ4n) is 1.80. The number of benzene rings is 1. The molecule has 1 aromatic rings. The van der Waals surface area contributed by atoms with Crippen LogP contribution in [0.4, 0.5) is 4.39 Å². The van der Waals surface area contributed by atoms with Gasteiger partial charge in [0.2, 0.25) is 0 Å². The summed E-state index contributed by atoms with van der Waals surface area (Å²) >= 11 is 0. The van der Waals surface area contributed by atoms with Crippen molar-refractivity contribution in [3.05, 3.63) is 35.6 Å². The van der Waals surface area contributed by atoms with Gasteiger partial charge in [-0.1, -0.05) is 32.4 Å². The molecule has 84 valence electrons. The Bertz CT molecular complexity index is 320. The maximum absolute atomic E-state index is 13.0. The minimum atomic E-state index is -0.946. The van der Waals surface area contributed by atoms with Crippen LogP contribution in [0.2, 0.25) is 0 Å². The largest absolute Gasteiger partial charge is 0.385 e. The third kappa shape index (κ3) is 2.78. The molecule has 1 rings (SSSR count). The maximum Gasteiger partial charge on any atom is 0.123 e. The number of rotatable bonds is 4. The van der Waals surface area contributed by atoms with Crippen LogP contribution in [0.1, 0.15) is 39.2 Å². The van der Waals surface area contributed by atoms with Gasteiger partial charge >= 0.3 is 0 Å². The minimum absolute atomic E-state index is 0.129. The standard InChI is InChI=1S/C13H19FO/c1-4-6-10(2)13(3,15)11-7-5-8-12(14)9-11/h5,7-10,15H,4,6H2,1-3H3. The Morgan fingerprint density at radius 1 is 1.47 bits per heavy atom. The van der Waals surface area contributed by atoms with Crippen LogP contribution in [0.15, 0.2) is 24.3 Å². The Morgan fingerprint density at radius 2 is 2.13 bits per heavy atom. The zero-order valence-corrected chi connectivity index (χ0v) is 9.63. The first-order chi connectivity index (χ1) is 6.98. The van der Waals surface area contributed by atoms with Gasteiger partial charge in [-0.25, -0.2) is 4.39 Å². The molecule has 0 heterocycles. The maximum atomic E-state index is 13.0. The minimum Gasteiger partial charge on any atom is -0.385 e. The van der Waals surface area contributed by atoms with Crippen LogP contribution in [-0.4, -0.2) is 5.11 Å². The Balaban J connectivity index is 2.94. The first-order valence-electron chi connectivity index (χ1n) is 5.47. The molecule has 0 aliphatic carbocycles. The topological polar surface area (TPSA) is 20.2 Å². The average Bonchev–Trinajstić information content (AvgIpc) is 2.18. The molecule has 0 radical (unpaired) electrons. The van der Waals surface area contributed by atoms with Gasteiger partial charge in [0, 0.05) is 0 Å². The van der Waals surface area contributed by atoms with Gasteiger partial charge in [-0.15, -0.1) is 0 Å². The van der Waals surface area contributed by atoms with Gasteiger partial charge in [0.05, 0.1) is 5.60 Å². The van der Waals surface area contributed by atoms with Gasteiger partial charge in [-0.05, 0) is 37.0 Å². The second-order valence-electron chi connectivity index (χ2n) is 4.35. The fraction of sp³-hybridized carbons (Fsp3) is 0.538. The molecule has 1 nitrogen and oxygen atoms in total. The number of aliphatic hydroxyl groups is 1. The molecule has 2 atom stereocenters. The van der Waals surface area contributed by atoms with E-state index in [9.17, 15) is 9.50 Å². The van der Waals surface area contributed by atoms with E-state index in [0.29, 0.717) is 5.56 Å². The summed E-state index contributed by atoms with van der Waals surface area (Å²) in [5.41, 5.74) is -0.290. The van der Waals surface area contributed by atoms with Gasteiger partial charge in [0.1, 0.15) is 5.82 Å². The third-order valence-electron chi connectivity index (χ3n) is 3.09. The van der Waals surface area contributed by atoms with Crippen molar-refractivity contribution in [1.82, 2.24) is 0 Å². The van der Waals surface area contributed by atoms with E-state index in [4.69, 9.17) is 0 Å². The zero-order valence-electron chi connectivity index (χ0n) is 9.63. The smallest absolute Gasteiger partial charge is 0.123 e. The van der Waals surface area contributed by atoms with E-state index >= 15 is 0 Å². The van der Waals surface area contributed by atoms with Crippen molar-refractivity contribution in [2.45, 2.75) is 39.2 Å². The van der Waals surface area contributed by atoms with Gasteiger partial charge in [-0.2, -0.15) is 0 Å². The summed E-state index contributed by atoms with van der Waals surface area (Å²) < 4.78 is 13.0. The molecule has 0 saturated carbocycles. The molecule has 0 amide bonds. The lowest BCUT2D eigenvalue weighted by atomic mass is 9.81. The molecule has 0 aliphatic rings. The van der Waals surface area contributed by atoms with Crippen LogP contribution in [0, 0.1) is 11.7 Å². The lowest BCUT2D eigenvalue weighted by molar-refractivity contribution is -0.00245. The van der Waals surface area contributed by atoms with Crippen molar-refractivity contribution < 1.29 is 9.50 Å². The zero-order chi connectivity index (χ0) is 11.5. The monoisotopic (exact) mass is 210 g/mol. The predicted octanol–water partition coefficient (Wildman–Crippen LogP) is 3.47. The van der Waals surface area contributed by atoms with E-state index < -0.39 is 5.60 Å². The lowest BCUT2D eigenvalue weighted by Gasteiger charge is -2.30. The van der Waals surface area contributed by atoms with E-state index in [1.165, 1.54) is 12.1 Å². The SMILES string of the molecule is CCCC(C)C(C)(O)c1cccc(F)c1. The second kappa shape index (κ2) is 4.75. The molecule has 0 bridgehead atoms. The van der Waals surface area contributed by atoms with Crippen LogP contribution in [0.5, 0.6) is 0 Å². The van der Waals surface area contributed by atoms with E-state index in [1.807, 2.05) is 6.92 Å². The summed E-state index contributed by atoms with van der Waals surface area (Å²) in [5, 5.41) is 10.3. The normalized spacial score (nSPS) is 17.1. The van der Waals surface area contributed by atoms with Crippen LogP contribution in [0.25, 0.3) is 0 Å². The quantitative estimate of drug-likeness (QED) is 0.806. The summed E-state index contributed by atoms with van der Waals surface area (Å²) in [4.78, 5) is 0. The average molecular weight is 210 g/mol. The lowest BCUT2D eigenvalue weighted by Crippen LogP contribution is -2.29. The molecule has 2 heteroatoms. The molecule has 2 unspecified atom stereocenters. The van der Waals surface area contributed by atoms with E-state index in [2.05, 4.69) is 6.92 Å². The molecule has 1 N–H and O–H groups in total. The van der Waals surface area contributed by atoms with Gasteiger partial charge in [0.25, 0.3) is 0 Å². The number of halogens is 1. The predicted molar refractivity (Wildman–Crippen MR) is 60.0 cm³/mol. The highest BCUT2D eigenvalue weighted by Crippen LogP contribution is 2.32. The molecule has 0 fully saturated rings. The molecule has 0 spiro atoms. The van der Waals surface area contributed by atoms with Crippen molar-refractivity contribution in [1.29, 1.82) is 0 Å². The van der Waals surface area contributed by atoms with Crippen LogP contribution in [-0.2, 0) is 5.60 Å².